The monoisotopic (exact) mass is 468 g/mol. The first kappa shape index (κ1) is 19.9. The van der Waals surface area contributed by atoms with Crippen molar-refractivity contribution >= 4 is 27.7 Å². The van der Waals surface area contributed by atoms with Crippen molar-refractivity contribution in [3.63, 3.8) is 0 Å². The molecule has 0 aliphatic heterocycles. The molecule has 0 aliphatic rings. The van der Waals surface area contributed by atoms with Gasteiger partial charge in [0.05, 0.1) is 10.2 Å². The van der Waals surface area contributed by atoms with Gasteiger partial charge in [-0.3, -0.25) is 4.68 Å². The smallest absolute Gasteiger partial charge is 0.276 e. The fraction of sp³-hybridized carbons (Fsp3) is 0.227. The summed E-state index contributed by atoms with van der Waals surface area (Å²) in [4.78, 5) is 0. The van der Waals surface area contributed by atoms with Crippen LogP contribution in [0.4, 0.5) is 0 Å². The van der Waals surface area contributed by atoms with Gasteiger partial charge in [0.2, 0.25) is 5.89 Å². The minimum Gasteiger partial charge on any atom is -0.416 e. The number of rotatable bonds is 7. The van der Waals surface area contributed by atoms with Crippen molar-refractivity contribution in [1.82, 2.24) is 20.0 Å². The Hall–Kier alpha value is -2.38. The molecule has 2 aromatic heterocycles. The van der Waals surface area contributed by atoms with Crippen molar-refractivity contribution in [2.24, 2.45) is 0 Å². The Morgan fingerprint density at radius 2 is 1.76 bits per heavy atom. The Morgan fingerprint density at radius 3 is 2.52 bits per heavy atom. The summed E-state index contributed by atoms with van der Waals surface area (Å²) in [5.41, 5.74) is 5.79. The lowest BCUT2D eigenvalue weighted by Crippen LogP contribution is -2.05. The molecule has 0 saturated heterocycles. The third kappa shape index (κ3) is 4.62. The lowest BCUT2D eigenvalue weighted by molar-refractivity contribution is 0.399. The average molecular weight is 469 g/mol. The average Bonchev–Trinajstić information content (AvgIpc) is 3.31. The molecule has 4 aromatic rings. The maximum absolute atomic E-state index is 5.84. The summed E-state index contributed by atoms with van der Waals surface area (Å²) >= 11 is 5.12. The van der Waals surface area contributed by atoms with Crippen molar-refractivity contribution in [1.29, 1.82) is 0 Å². The van der Waals surface area contributed by atoms with E-state index in [9.17, 15) is 0 Å². The second-order valence-electron chi connectivity index (χ2n) is 6.73. The van der Waals surface area contributed by atoms with Crippen LogP contribution < -0.4 is 0 Å². The Balaban J connectivity index is 1.40. The topological polar surface area (TPSA) is 56.7 Å². The summed E-state index contributed by atoms with van der Waals surface area (Å²) in [5.74, 6) is 1.41. The highest BCUT2D eigenvalue weighted by atomic mass is 79.9. The Morgan fingerprint density at radius 1 is 1.00 bits per heavy atom. The molecular formula is C22H21BrN4OS. The van der Waals surface area contributed by atoms with Gasteiger partial charge >= 0.3 is 0 Å². The van der Waals surface area contributed by atoms with Crippen molar-refractivity contribution in [3.8, 4) is 11.1 Å². The molecule has 2 aromatic carbocycles. The molecule has 0 fully saturated rings. The van der Waals surface area contributed by atoms with Crippen molar-refractivity contribution in [3.05, 3.63) is 81.9 Å². The number of benzene rings is 2. The highest BCUT2D eigenvalue weighted by Gasteiger charge is 2.12. The first-order chi connectivity index (χ1) is 14.1. The fourth-order valence-electron chi connectivity index (χ4n) is 3.18. The summed E-state index contributed by atoms with van der Waals surface area (Å²) in [6.45, 7) is 4.74. The van der Waals surface area contributed by atoms with Gasteiger partial charge in [-0.2, -0.15) is 5.10 Å². The third-order valence-corrected chi connectivity index (χ3v) is 6.75. The first-order valence-corrected chi connectivity index (χ1v) is 11.2. The number of halogens is 1. The van der Waals surface area contributed by atoms with E-state index in [4.69, 9.17) is 4.42 Å². The maximum Gasteiger partial charge on any atom is 0.276 e. The van der Waals surface area contributed by atoms with E-state index in [-0.39, 0.29) is 0 Å². The van der Waals surface area contributed by atoms with E-state index in [0.717, 1.165) is 21.6 Å². The maximum atomic E-state index is 5.84. The summed E-state index contributed by atoms with van der Waals surface area (Å²) < 4.78 is 8.85. The molecule has 4 rings (SSSR count). The molecule has 0 aliphatic carbocycles. The molecular weight excluding hydrogens is 448 g/mol. The van der Waals surface area contributed by atoms with Gasteiger partial charge in [0.1, 0.15) is 0 Å². The van der Waals surface area contributed by atoms with Crippen molar-refractivity contribution in [2.75, 3.05) is 0 Å². The highest BCUT2D eigenvalue weighted by molar-refractivity contribution is 9.10. The van der Waals surface area contributed by atoms with E-state index in [0.29, 0.717) is 24.1 Å². The van der Waals surface area contributed by atoms with Gasteiger partial charge in [0.25, 0.3) is 5.22 Å². The van der Waals surface area contributed by atoms with Gasteiger partial charge in [0, 0.05) is 24.4 Å². The van der Waals surface area contributed by atoms with Crippen LogP contribution in [0.1, 0.15) is 22.8 Å². The highest BCUT2D eigenvalue weighted by Crippen LogP contribution is 2.29. The molecule has 5 nitrogen and oxygen atoms in total. The number of aryl methyl sites for hydroxylation is 3. The Kier molecular flexibility index (Phi) is 6.16. The standard InChI is InChI=1S/C22H21BrN4OS/c1-15-21(23)16(2)27(26-15)13-12-20-24-25-22(28-20)29-14-18-10-6-7-11-19(18)17-8-4-3-5-9-17/h3-11H,12-14H2,1-2H3. The van der Waals surface area contributed by atoms with Gasteiger partial charge in [-0.15, -0.1) is 10.2 Å². The van der Waals surface area contributed by atoms with Gasteiger partial charge in [0.15, 0.2) is 0 Å². The first-order valence-electron chi connectivity index (χ1n) is 9.40. The molecule has 2 heterocycles. The van der Waals surface area contributed by atoms with Crippen molar-refractivity contribution < 1.29 is 4.42 Å². The summed E-state index contributed by atoms with van der Waals surface area (Å²) in [6.07, 6.45) is 0.655. The van der Waals surface area contributed by atoms with Gasteiger partial charge < -0.3 is 4.42 Å². The predicted octanol–water partition coefficient (Wildman–Crippen LogP) is 5.85. The molecule has 29 heavy (non-hydrogen) atoms. The van der Waals surface area contributed by atoms with Crippen LogP contribution in [-0.4, -0.2) is 20.0 Å². The molecule has 148 valence electrons. The normalized spacial score (nSPS) is 11.1. The summed E-state index contributed by atoms with van der Waals surface area (Å²) in [7, 11) is 0. The lowest BCUT2D eigenvalue weighted by atomic mass is 10.0. The second-order valence-corrected chi connectivity index (χ2v) is 8.45. The molecule has 0 spiro atoms. The van der Waals surface area contributed by atoms with E-state index in [1.54, 1.807) is 11.8 Å². The number of aromatic nitrogens is 4. The fourth-order valence-corrected chi connectivity index (χ4v) is 4.25. The largest absolute Gasteiger partial charge is 0.416 e. The molecule has 0 N–H and O–H groups in total. The van der Waals surface area contributed by atoms with Crippen LogP contribution in [0, 0.1) is 13.8 Å². The second kappa shape index (κ2) is 8.97. The summed E-state index contributed by atoms with van der Waals surface area (Å²) in [6, 6.07) is 18.8. The van der Waals surface area contributed by atoms with Crippen LogP contribution >= 0.6 is 27.7 Å². The lowest BCUT2D eigenvalue weighted by Gasteiger charge is -2.08. The van der Waals surface area contributed by atoms with Gasteiger partial charge in [-0.25, -0.2) is 0 Å². The van der Waals surface area contributed by atoms with Crippen LogP contribution in [0.2, 0.25) is 0 Å². The van der Waals surface area contributed by atoms with E-state index in [2.05, 4.69) is 79.8 Å². The van der Waals surface area contributed by atoms with Crippen molar-refractivity contribution in [2.45, 2.75) is 37.8 Å². The molecule has 0 radical (unpaired) electrons. The minimum atomic E-state index is 0.595. The van der Waals surface area contributed by atoms with E-state index in [1.165, 1.54) is 16.7 Å². The summed E-state index contributed by atoms with van der Waals surface area (Å²) in [5, 5.41) is 13.5. The molecule has 0 amide bonds. The quantitative estimate of drug-likeness (QED) is 0.318. The van der Waals surface area contributed by atoms with E-state index in [1.807, 2.05) is 24.6 Å². The zero-order chi connectivity index (χ0) is 20.2. The van der Waals surface area contributed by atoms with Crippen LogP contribution in [0.25, 0.3) is 11.1 Å². The van der Waals surface area contributed by atoms with E-state index < -0.39 is 0 Å². The van der Waals surface area contributed by atoms with Crippen LogP contribution in [-0.2, 0) is 18.7 Å². The van der Waals surface area contributed by atoms with E-state index >= 15 is 0 Å². The number of hydrogen-bond donors (Lipinski definition) is 0. The van der Waals surface area contributed by atoms with Crippen LogP contribution in [0.3, 0.4) is 0 Å². The molecule has 0 atom stereocenters. The molecule has 0 unspecified atom stereocenters. The van der Waals surface area contributed by atoms with Crippen LogP contribution in [0.5, 0.6) is 0 Å². The number of thioether (sulfide) groups is 1. The molecule has 0 saturated carbocycles. The number of hydrogen-bond acceptors (Lipinski definition) is 5. The zero-order valence-corrected chi connectivity index (χ0v) is 18.7. The Labute approximate surface area is 182 Å². The Bertz CT molecular complexity index is 1110. The zero-order valence-electron chi connectivity index (χ0n) is 16.3. The molecule has 0 bridgehead atoms. The SMILES string of the molecule is Cc1nn(CCc2nnc(SCc3ccccc3-c3ccccc3)o2)c(C)c1Br. The van der Waals surface area contributed by atoms with Gasteiger partial charge in [-0.05, 0) is 46.5 Å². The van der Waals surface area contributed by atoms with Gasteiger partial charge in [-0.1, -0.05) is 66.4 Å². The predicted molar refractivity (Wildman–Crippen MR) is 119 cm³/mol. The molecule has 7 heteroatoms. The third-order valence-electron chi connectivity index (χ3n) is 4.73. The van der Waals surface area contributed by atoms with Crippen LogP contribution in [0.15, 0.2) is 68.7 Å². The minimum absolute atomic E-state index is 0.595. The number of nitrogens with zero attached hydrogens (tertiary/aromatic N) is 4.